The molecule has 0 aliphatic carbocycles. The van der Waals surface area contributed by atoms with Crippen LogP contribution >= 0.6 is 0 Å². The van der Waals surface area contributed by atoms with Gasteiger partial charge in [0.25, 0.3) is 0 Å². The second kappa shape index (κ2) is 5.74. The zero-order valence-corrected chi connectivity index (χ0v) is 12.5. The molecule has 4 rings (SSSR count). The zero-order valence-electron chi connectivity index (χ0n) is 12.5. The Morgan fingerprint density at radius 2 is 2.10 bits per heavy atom. The van der Waals surface area contributed by atoms with Gasteiger partial charge in [0.1, 0.15) is 0 Å². The van der Waals surface area contributed by atoms with Crippen LogP contribution in [0.25, 0.3) is 10.8 Å². The lowest BCUT2D eigenvalue weighted by atomic mass is 9.97. The maximum atomic E-state index is 4.38. The van der Waals surface area contributed by atoms with E-state index in [2.05, 4.69) is 39.5 Å². The van der Waals surface area contributed by atoms with E-state index in [1.165, 1.54) is 55.1 Å². The molecule has 3 nitrogen and oxygen atoms in total. The maximum absolute atomic E-state index is 4.38. The van der Waals surface area contributed by atoms with Gasteiger partial charge in [-0.05, 0) is 49.7 Å². The summed E-state index contributed by atoms with van der Waals surface area (Å²) in [4.78, 5) is 7.06. The van der Waals surface area contributed by atoms with E-state index in [0.717, 1.165) is 12.6 Å². The summed E-state index contributed by atoms with van der Waals surface area (Å²) < 4.78 is 0. The lowest BCUT2D eigenvalue weighted by Crippen LogP contribution is -2.45. The Balaban J connectivity index is 1.44. The highest BCUT2D eigenvalue weighted by atomic mass is 15.2. The van der Waals surface area contributed by atoms with Gasteiger partial charge in [-0.3, -0.25) is 4.98 Å². The average Bonchev–Trinajstić information content (AvgIpc) is 3.00. The summed E-state index contributed by atoms with van der Waals surface area (Å²) >= 11 is 0. The lowest BCUT2D eigenvalue weighted by Gasteiger charge is -2.35. The molecule has 2 aromatic rings. The van der Waals surface area contributed by atoms with Gasteiger partial charge in [0.2, 0.25) is 0 Å². The number of piperidine rings is 1. The molecule has 3 heterocycles. The smallest absolute Gasteiger partial charge is 0.0346 e. The highest BCUT2D eigenvalue weighted by Gasteiger charge is 2.31. The van der Waals surface area contributed by atoms with Crippen LogP contribution in [-0.4, -0.2) is 35.1 Å². The minimum absolute atomic E-state index is 0.670. The molecular weight excluding hydrogens is 258 g/mol. The van der Waals surface area contributed by atoms with Gasteiger partial charge in [-0.15, -0.1) is 0 Å². The number of hydrogen-bond acceptors (Lipinski definition) is 3. The molecule has 2 fully saturated rings. The predicted molar refractivity (Wildman–Crippen MR) is 86.2 cm³/mol. The second-order valence-corrected chi connectivity index (χ2v) is 6.45. The number of pyridine rings is 1. The highest BCUT2D eigenvalue weighted by molar-refractivity contribution is 5.84. The Hall–Kier alpha value is -1.45. The van der Waals surface area contributed by atoms with E-state index in [1.807, 2.05) is 12.4 Å². The van der Waals surface area contributed by atoms with Gasteiger partial charge in [-0.2, -0.15) is 0 Å². The van der Waals surface area contributed by atoms with Crippen molar-refractivity contribution in [3.63, 3.8) is 0 Å². The summed E-state index contributed by atoms with van der Waals surface area (Å²) in [6.07, 6.45) is 9.36. The van der Waals surface area contributed by atoms with Crippen molar-refractivity contribution in [3.8, 4) is 0 Å². The summed E-state index contributed by atoms with van der Waals surface area (Å²) in [5, 5.41) is 6.35. The fourth-order valence-electron chi connectivity index (χ4n) is 3.98. The third-order valence-electron chi connectivity index (χ3n) is 5.15. The van der Waals surface area contributed by atoms with Crippen LogP contribution in [0.15, 0.2) is 36.7 Å². The first kappa shape index (κ1) is 13.2. The number of benzene rings is 1. The fourth-order valence-corrected chi connectivity index (χ4v) is 3.98. The quantitative estimate of drug-likeness (QED) is 0.937. The Bertz CT molecular complexity index is 619. The molecule has 0 bridgehead atoms. The topological polar surface area (TPSA) is 28.2 Å². The van der Waals surface area contributed by atoms with Crippen molar-refractivity contribution < 1.29 is 0 Å². The van der Waals surface area contributed by atoms with Crippen LogP contribution in [0.1, 0.15) is 31.2 Å². The van der Waals surface area contributed by atoms with Gasteiger partial charge in [0.15, 0.2) is 0 Å². The Kier molecular flexibility index (Phi) is 3.62. The fraction of sp³-hybridized carbons (Fsp3) is 0.500. The molecule has 2 aliphatic heterocycles. The molecule has 21 heavy (non-hydrogen) atoms. The van der Waals surface area contributed by atoms with Crippen LogP contribution < -0.4 is 5.32 Å². The molecule has 2 aliphatic rings. The molecule has 0 saturated carbocycles. The first-order chi connectivity index (χ1) is 10.4. The van der Waals surface area contributed by atoms with E-state index in [1.54, 1.807) is 0 Å². The number of nitrogens with zero attached hydrogens (tertiary/aromatic N) is 2. The van der Waals surface area contributed by atoms with Crippen LogP contribution in [-0.2, 0) is 6.54 Å². The first-order valence-corrected chi connectivity index (χ1v) is 8.19. The number of aromatic nitrogens is 1. The van der Waals surface area contributed by atoms with Crippen molar-refractivity contribution in [3.05, 3.63) is 42.2 Å². The summed E-state index contributed by atoms with van der Waals surface area (Å²) in [6.45, 7) is 3.53. The average molecular weight is 281 g/mol. The van der Waals surface area contributed by atoms with E-state index >= 15 is 0 Å². The van der Waals surface area contributed by atoms with Crippen molar-refractivity contribution in [2.75, 3.05) is 13.1 Å². The van der Waals surface area contributed by atoms with Crippen molar-refractivity contribution in [1.29, 1.82) is 0 Å². The zero-order chi connectivity index (χ0) is 14.1. The van der Waals surface area contributed by atoms with Gasteiger partial charge in [0, 0.05) is 36.4 Å². The maximum Gasteiger partial charge on any atom is 0.0346 e. The molecule has 0 radical (unpaired) electrons. The molecule has 110 valence electrons. The van der Waals surface area contributed by atoms with Gasteiger partial charge < -0.3 is 10.2 Å². The minimum Gasteiger partial charge on any atom is -0.310 e. The molecule has 0 amide bonds. The minimum atomic E-state index is 0.670. The van der Waals surface area contributed by atoms with Crippen molar-refractivity contribution in [2.45, 2.75) is 44.3 Å². The van der Waals surface area contributed by atoms with Crippen LogP contribution in [0.5, 0.6) is 0 Å². The van der Waals surface area contributed by atoms with E-state index in [9.17, 15) is 0 Å². The third-order valence-corrected chi connectivity index (χ3v) is 5.15. The first-order valence-electron chi connectivity index (χ1n) is 8.19. The number of fused-ring (bicyclic) bond motifs is 2. The molecule has 2 atom stereocenters. The number of hydrogen-bond donors (Lipinski definition) is 1. The van der Waals surface area contributed by atoms with Crippen LogP contribution in [0.4, 0.5) is 0 Å². The normalized spacial score (nSPS) is 26.1. The Morgan fingerprint density at radius 3 is 3.10 bits per heavy atom. The van der Waals surface area contributed by atoms with Gasteiger partial charge in [-0.25, -0.2) is 0 Å². The monoisotopic (exact) mass is 281 g/mol. The second-order valence-electron chi connectivity index (χ2n) is 6.45. The van der Waals surface area contributed by atoms with Gasteiger partial charge >= 0.3 is 0 Å². The van der Waals surface area contributed by atoms with Crippen molar-refractivity contribution in [2.24, 2.45) is 0 Å². The van der Waals surface area contributed by atoms with Crippen molar-refractivity contribution in [1.82, 2.24) is 15.2 Å². The largest absolute Gasteiger partial charge is 0.310 e. The molecule has 3 heteroatoms. The van der Waals surface area contributed by atoms with E-state index in [0.29, 0.717) is 6.04 Å². The predicted octanol–water partition coefficient (Wildman–Crippen LogP) is 2.95. The number of nitrogens with one attached hydrogen (secondary N) is 1. The Morgan fingerprint density at radius 1 is 1.14 bits per heavy atom. The van der Waals surface area contributed by atoms with Crippen LogP contribution in [0.3, 0.4) is 0 Å². The third kappa shape index (κ3) is 2.68. The highest BCUT2D eigenvalue weighted by Crippen LogP contribution is 2.27. The summed E-state index contributed by atoms with van der Waals surface area (Å²) in [6, 6.07) is 10.0. The standard InChI is InChI=1S/C18H23N3/c1-2-6-18-14(4-1)11-19-12-15(18)13-20-16-7-9-21-8-3-5-17(21)10-16/h1-2,4,6,11-12,16-17,20H,3,5,7-10,13H2. The summed E-state index contributed by atoms with van der Waals surface area (Å²) in [5.74, 6) is 0. The van der Waals surface area contributed by atoms with Crippen molar-refractivity contribution >= 4 is 10.8 Å². The molecule has 2 unspecified atom stereocenters. The summed E-state index contributed by atoms with van der Waals surface area (Å²) in [7, 11) is 0. The molecular formula is C18H23N3. The SMILES string of the molecule is c1ccc2c(CNC3CCN4CCCC4C3)cncc2c1. The lowest BCUT2D eigenvalue weighted by molar-refractivity contribution is 0.166. The Labute approximate surface area is 126 Å². The van der Waals surface area contributed by atoms with Gasteiger partial charge in [0.05, 0.1) is 0 Å². The van der Waals surface area contributed by atoms with E-state index < -0.39 is 0 Å². The molecule has 1 aromatic carbocycles. The molecule has 1 N–H and O–H groups in total. The van der Waals surface area contributed by atoms with Crippen LogP contribution in [0.2, 0.25) is 0 Å². The molecule has 0 spiro atoms. The van der Waals surface area contributed by atoms with Crippen LogP contribution in [0, 0.1) is 0 Å². The summed E-state index contributed by atoms with van der Waals surface area (Å²) in [5.41, 5.74) is 1.32. The molecule has 1 aromatic heterocycles. The van der Waals surface area contributed by atoms with E-state index in [4.69, 9.17) is 0 Å². The molecule has 2 saturated heterocycles. The number of rotatable bonds is 3. The van der Waals surface area contributed by atoms with E-state index in [-0.39, 0.29) is 0 Å². The van der Waals surface area contributed by atoms with Gasteiger partial charge in [-0.1, -0.05) is 24.3 Å².